The number of thiazole rings is 1. The van der Waals surface area contributed by atoms with E-state index in [1.165, 1.54) is 0 Å². The topological polar surface area (TPSA) is 79.3 Å². The first-order valence-corrected chi connectivity index (χ1v) is 7.24. The maximum atomic E-state index is 13.6. The maximum absolute atomic E-state index is 13.6. The fraction of sp³-hybridized carbons (Fsp3) is 0.214. The van der Waals surface area contributed by atoms with Gasteiger partial charge in [-0.1, -0.05) is 0 Å². The number of carboxylic acid groups (broad SMARTS) is 1. The molecule has 1 aromatic carbocycles. The Morgan fingerprint density at radius 1 is 1.26 bits per heavy atom. The molecule has 0 fully saturated rings. The summed E-state index contributed by atoms with van der Waals surface area (Å²) in [6.45, 7) is 1.64. The van der Waals surface area contributed by atoms with Gasteiger partial charge in [0.05, 0.1) is 17.7 Å². The fourth-order valence-corrected chi connectivity index (χ4v) is 2.76. The van der Waals surface area contributed by atoms with E-state index in [9.17, 15) is 22.8 Å². The Kier molecular flexibility index (Phi) is 4.99. The highest BCUT2D eigenvalue weighted by Gasteiger charge is 2.20. The van der Waals surface area contributed by atoms with Crippen molar-refractivity contribution >= 4 is 28.3 Å². The third-order valence-corrected chi connectivity index (χ3v) is 4.09. The lowest BCUT2D eigenvalue weighted by Gasteiger charge is -2.04. The molecule has 0 unspecified atom stereocenters. The number of benzene rings is 1. The van der Waals surface area contributed by atoms with Crippen molar-refractivity contribution in [3.8, 4) is 0 Å². The number of nitrogens with zero attached hydrogens (tertiary/aromatic N) is 1. The summed E-state index contributed by atoms with van der Waals surface area (Å²) >= 11 is 1.04. The van der Waals surface area contributed by atoms with Crippen LogP contribution >= 0.6 is 11.3 Å². The number of aromatic nitrogens is 1. The number of rotatable bonds is 5. The number of hydrogen-bond donors (Lipinski definition) is 2. The number of anilines is 1. The summed E-state index contributed by atoms with van der Waals surface area (Å²) in [6, 6.07) is 1.48. The summed E-state index contributed by atoms with van der Waals surface area (Å²) in [6.07, 6.45) is 0.155. The molecule has 0 saturated heterocycles. The van der Waals surface area contributed by atoms with Crippen LogP contribution in [0.15, 0.2) is 12.1 Å². The highest BCUT2D eigenvalue weighted by molar-refractivity contribution is 7.15. The predicted octanol–water partition coefficient (Wildman–Crippen LogP) is 3.14. The average molecular weight is 344 g/mol. The lowest BCUT2D eigenvalue weighted by molar-refractivity contribution is -0.136. The molecule has 9 heteroatoms. The maximum Gasteiger partial charge on any atom is 0.303 e. The molecular weight excluding hydrogens is 333 g/mol. The Hall–Kier alpha value is -2.42. The van der Waals surface area contributed by atoms with Crippen LogP contribution in [-0.4, -0.2) is 22.0 Å². The molecule has 0 aliphatic rings. The van der Waals surface area contributed by atoms with Gasteiger partial charge in [-0.2, -0.15) is 0 Å². The van der Waals surface area contributed by atoms with Crippen LogP contribution < -0.4 is 5.32 Å². The Labute approximate surface area is 132 Å². The van der Waals surface area contributed by atoms with Gasteiger partial charge in [-0.3, -0.25) is 14.9 Å². The zero-order valence-electron chi connectivity index (χ0n) is 11.8. The van der Waals surface area contributed by atoms with E-state index >= 15 is 0 Å². The predicted molar refractivity (Wildman–Crippen MR) is 77.1 cm³/mol. The third-order valence-electron chi connectivity index (χ3n) is 2.96. The Morgan fingerprint density at radius 2 is 1.96 bits per heavy atom. The van der Waals surface area contributed by atoms with E-state index in [4.69, 9.17) is 5.11 Å². The monoisotopic (exact) mass is 344 g/mol. The summed E-state index contributed by atoms with van der Waals surface area (Å²) in [7, 11) is 0. The van der Waals surface area contributed by atoms with Gasteiger partial charge in [-0.15, -0.1) is 11.3 Å². The molecule has 122 valence electrons. The van der Waals surface area contributed by atoms with Gasteiger partial charge < -0.3 is 5.11 Å². The largest absolute Gasteiger partial charge is 0.481 e. The molecule has 23 heavy (non-hydrogen) atoms. The molecule has 2 rings (SSSR count). The first-order valence-electron chi connectivity index (χ1n) is 6.42. The van der Waals surface area contributed by atoms with E-state index in [1.54, 1.807) is 6.92 Å². The van der Waals surface area contributed by atoms with E-state index < -0.39 is 34.9 Å². The Balaban J connectivity index is 2.16. The lowest BCUT2D eigenvalue weighted by Crippen LogP contribution is -2.15. The van der Waals surface area contributed by atoms with E-state index in [2.05, 4.69) is 10.3 Å². The van der Waals surface area contributed by atoms with Crippen molar-refractivity contribution in [3.63, 3.8) is 0 Å². The van der Waals surface area contributed by atoms with Gasteiger partial charge in [0.2, 0.25) is 0 Å². The summed E-state index contributed by atoms with van der Waals surface area (Å²) in [4.78, 5) is 27.2. The average Bonchev–Trinajstić information content (AvgIpc) is 2.82. The minimum absolute atomic E-state index is 0.0891. The molecular formula is C14H11F3N2O3S. The summed E-state index contributed by atoms with van der Waals surface area (Å²) in [5.74, 6) is -6.63. The van der Waals surface area contributed by atoms with Gasteiger partial charge >= 0.3 is 5.97 Å². The van der Waals surface area contributed by atoms with Crippen LogP contribution in [0.25, 0.3) is 0 Å². The number of aryl methyl sites for hydroxylation is 2. The van der Waals surface area contributed by atoms with Crippen molar-refractivity contribution in [3.05, 3.63) is 45.7 Å². The molecule has 0 saturated carbocycles. The molecule has 0 aliphatic carbocycles. The van der Waals surface area contributed by atoms with Crippen molar-refractivity contribution in [2.24, 2.45) is 0 Å². The number of aliphatic carboxylic acids is 1. The molecule has 0 aliphatic heterocycles. The van der Waals surface area contributed by atoms with Gasteiger partial charge in [0, 0.05) is 4.88 Å². The first kappa shape index (κ1) is 16.9. The standard InChI is InChI=1S/C14H11F3N2O3S/c1-6-9(4-5-10(20)21)23-14(18-6)19-13(22)7-2-3-8(15)12(17)11(7)16/h2-3H,4-5H2,1H3,(H,20,21)(H,18,19,22). The summed E-state index contributed by atoms with van der Waals surface area (Å²) in [5.41, 5.74) is -0.110. The van der Waals surface area contributed by atoms with Gasteiger partial charge in [-0.25, -0.2) is 18.2 Å². The second kappa shape index (κ2) is 6.78. The number of carbonyl (C=O) groups excluding carboxylic acids is 1. The van der Waals surface area contributed by atoms with E-state index in [0.29, 0.717) is 16.6 Å². The van der Waals surface area contributed by atoms with Crippen LogP contribution in [0.3, 0.4) is 0 Å². The molecule has 5 nitrogen and oxygen atoms in total. The SMILES string of the molecule is Cc1nc(NC(=O)c2ccc(F)c(F)c2F)sc1CCC(=O)O. The second-order valence-corrected chi connectivity index (χ2v) is 5.68. The fourth-order valence-electron chi connectivity index (χ4n) is 1.80. The number of hydrogen-bond acceptors (Lipinski definition) is 4. The van der Waals surface area contributed by atoms with Crippen molar-refractivity contribution in [1.29, 1.82) is 0 Å². The molecule has 0 radical (unpaired) electrons. The molecule has 0 bridgehead atoms. The molecule has 1 heterocycles. The van der Waals surface area contributed by atoms with Crippen molar-refractivity contribution in [2.75, 3.05) is 5.32 Å². The van der Waals surface area contributed by atoms with Crippen LogP contribution in [0.4, 0.5) is 18.3 Å². The first-order chi connectivity index (χ1) is 10.8. The summed E-state index contributed by atoms with van der Waals surface area (Å²) in [5, 5.41) is 11.1. The van der Waals surface area contributed by atoms with E-state index in [-0.39, 0.29) is 18.0 Å². The van der Waals surface area contributed by atoms with Crippen LogP contribution in [0.5, 0.6) is 0 Å². The number of nitrogens with one attached hydrogen (secondary N) is 1. The molecule has 0 spiro atoms. The number of carboxylic acids is 1. The number of halogens is 3. The normalized spacial score (nSPS) is 10.6. The lowest BCUT2D eigenvalue weighted by atomic mass is 10.2. The smallest absolute Gasteiger partial charge is 0.303 e. The minimum Gasteiger partial charge on any atom is -0.481 e. The third kappa shape index (κ3) is 3.86. The van der Waals surface area contributed by atoms with Crippen LogP contribution in [0.2, 0.25) is 0 Å². The molecule has 0 atom stereocenters. The van der Waals surface area contributed by atoms with Crippen LogP contribution in [0.1, 0.15) is 27.3 Å². The molecule has 1 aromatic heterocycles. The zero-order valence-corrected chi connectivity index (χ0v) is 12.6. The Bertz CT molecular complexity index is 777. The van der Waals surface area contributed by atoms with Gasteiger partial charge in [0.25, 0.3) is 5.91 Å². The van der Waals surface area contributed by atoms with Crippen molar-refractivity contribution in [1.82, 2.24) is 4.98 Å². The second-order valence-electron chi connectivity index (χ2n) is 4.60. The molecule has 2 N–H and O–H groups in total. The minimum atomic E-state index is -1.73. The van der Waals surface area contributed by atoms with Gasteiger partial charge in [-0.05, 0) is 25.5 Å². The quantitative estimate of drug-likeness (QED) is 0.817. The highest BCUT2D eigenvalue weighted by atomic mass is 32.1. The summed E-state index contributed by atoms with van der Waals surface area (Å²) < 4.78 is 39.5. The van der Waals surface area contributed by atoms with Crippen LogP contribution in [0, 0.1) is 24.4 Å². The van der Waals surface area contributed by atoms with E-state index in [1.807, 2.05) is 0 Å². The van der Waals surface area contributed by atoms with Crippen molar-refractivity contribution in [2.45, 2.75) is 19.8 Å². The number of amides is 1. The molecule has 1 amide bonds. The molecule has 2 aromatic rings. The Morgan fingerprint density at radius 3 is 2.61 bits per heavy atom. The van der Waals surface area contributed by atoms with Crippen LogP contribution in [-0.2, 0) is 11.2 Å². The van der Waals surface area contributed by atoms with Gasteiger partial charge in [0.1, 0.15) is 0 Å². The van der Waals surface area contributed by atoms with E-state index in [0.717, 1.165) is 17.4 Å². The number of carbonyl (C=O) groups is 2. The highest BCUT2D eigenvalue weighted by Crippen LogP contribution is 2.25. The zero-order chi connectivity index (χ0) is 17.1. The van der Waals surface area contributed by atoms with Crippen molar-refractivity contribution < 1.29 is 27.9 Å². The van der Waals surface area contributed by atoms with Gasteiger partial charge in [0.15, 0.2) is 22.6 Å².